The van der Waals surface area contributed by atoms with Crippen LogP contribution in [0.25, 0.3) is 0 Å². The molecule has 3 fully saturated rings. The second-order valence-corrected chi connectivity index (χ2v) is 12.9. The summed E-state index contributed by atoms with van der Waals surface area (Å²) in [7, 11) is 0. The van der Waals surface area contributed by atoms with Crippen LogP contribution in [0.5, 0.6) is 0 Å². The standard InChI is InChI=1S/C31H44O10/c1-7-23(34)39-31(40-24(35)8-2,41-25(36)9-3)27(37)30(38)13-11-20-19-14-17(4)21-15-18(32)10-12-28(21,5)26(19)22(33)16-29(20,30)6/h15,17,19-20,22,26,33,38H,7-14,16H2,1-6H3/t17?,19-,20-,22?,26+,28-,29-,30-/m0/s1. The highest BCUT2D eigenvalue weighted by Crippen LogP contribution is 2.68. The lowest BCUT2D eigenvalue weighted by Gasteiger charge is -2.61. The first-order chi connectivity index (χ1) is 19.1. The highest BCUT2D eigenvalue weighted by Gasteiger charge is 2.73. The number of fused-ring (bicyclic) bond motifs is 5. The molecule has 0 spiro atoms. The van der Waals surface area contributed by atoms with Gasteiger partial charge in [-0.2, -0.15) is 0 Å². The van der Waals surface area contributed by atoms with Gasteiger partial charge in [0.1, 0.15) is 5.60 Å². The van der Waals surface area contributed by atoms with Gasteiger partial charge in [-0.25, -0.2) is 0 Å². The molecular formula is C31H44O10. The van der Waals surface area contributed by atoms with Crippen molar-refractivity contribution in [1.82, 2.24) is 0 Å². The summed E-state index contributed by atoms with van der Waals surface area (Å²) >= 11 is 0. The van der Waals surface area contributed by atoms with Crippen LogP contribution in [-0.4, -0.2) is 57.4 Å². The summed E-state index contributed by atoms with van der Waals surface area (Å²) in [6.07, 6.45) is 2.33. The van der Waals surface area contributed by atoms with Crippen molar-refractivity contribution in [3.05, 3.63) is 11.6 Å². The summed E-state index contributed by atoms with van der Waals surface area (Å²) < 4.78 is 15.9. The van der Waals surface area contributed by atoms with Crippen molar-refractivity contribution < 1.29 is 48.4 Å². The largest absolute Gasteiger partial charge is 0.491 e. The van der Waals surface area contributed by atoms with Crippen molar-refractivity contribution in [3.63, 3.8) is 0 Å². The zero-order valence-corrected chi connectivity index (χ0v) is 25.0. The number of carbonyl (C=O) groups is 5. The fourth-order valence-electron chi connectivity index (χ4n) is 8.62. The van der Waals surface area contributed by atoms with Gasteiger partial charge in [0.05, 0.1) is 6.10 Å². The Hall–Kier alpha value is -2.59. The molecule has 2 unspecified atom stereocenters. The minimum absolute atomic E-state index is 0.0491. The third-order valence-corrected chi connectivity index (χ3v) is 10.6. The number of hydrogen-bond donors (Lipinski definition) is 2. The average molecular weight is 577 g/mol. The first kappa shape index (κ1) is 31.3. The number of aliphatic hydroxyl groups is 2. The van der Waals surface area contributed by atoms with Crippen LogP contribution in [0.4, 0.5) is 0 Å². The molecule has 0 saturated heterocycles. The van der Waals surface area contributed by atoms with Gasteiger partial charge in [0.15, 0.2) is 5.78 Å². The second-order valence-electron chi connectivity index (χ2n) is 12.9. The number of allylic oxidation sites excluding steroid dienone is 1. The van der Waals surface area contributed by atoms with Crippen molar-refractivity contribution in [3.8, 4) is 0 Å². The van der Waals surface area contributed by atoms with Crippen LogP contribution in [0.3, 0.4) is 0 Å². The van der Waals surface area contributed by atoms with Gasteiger partial charge in [-0.15, -0.1) is 0 Å². The zero-order chi connectivity index (χ0) is 30.5. The first-order valence-electron chi connectivity index (χ1n) is 15.0. The SMILES string of the molecule is CCC(=O)OC(OC(=O)CC)(OC(=O)CC)C(=O)[C@@]1(O)CC[C@H]2[C@@H]3CC(C)C4=CC(=O)CC[C@]4(C)[C@H]3C(O)C[C@@]21C. The van der Waals surface area contributed by atoms with E-state index in [1.165, 1.54) is 20.8 Å². The van der Waals surface area contributed by atoms with E-state index in [-0.39, 0.29) is 61.6 Å². The second kappa shape index (κ2) is 10.9. The summed E-state index contributed by atoms with van der Waals surface area (Å²) in [5.74, 6) is -7.49. The number of carbonyl (C=O) groups excluding carboxylic acids is 5. The predicted molar refractivity (Wildman–Crippen MR) is 144 cm³/mol. The number of esters is 3. The minimum Gasteiger partial charge on any atom is -0.393 e. The highest BCUT2D eigenvalue weighted by molar-refractivity contribution is 5.98. The fraction of sp³-hybridized carbons (Fsp3) is 0.774. The van der Waals surface area contributed by atoms with Crippen molar-refractivity contribution in [1.29, 1.82) is 0 Å². The van der Waals surface area contributed by atoms with Crippen LogP contribution in [0.2, 0.25) is 0 Å². The molecule has 4 rings (SSSR count). The van der Waals surface area contributed by atoms with E-state index in [4.69, 9.17) is 14.2 Å². The van der Waals surface area contributed by atoms with E-state index in [9.17, 15) is 34.2 Å². The molecule has 0 radical (unpaired) electrons. The van der Waals surface area contributed by atoms with Crippen LogP contribution in [0.15, 0.2) is 11.6 Å². The Morgan fingerprint density at radius 1 is 0.976 bits per heavy atom. The predicted octanol–water partition coefficient (Wildman–Crippen LogP) is 3.55. The highest BCUT2D eigenvalue weighted by atomic mass is 16.9. The molecule has 0 amide bonds. The van der Waals surface area contributed by atoms with Gasteiger partial charge >= 0.3 is 23.9 Å². The van der Waals surface area contributed by atoms with Crippen LogP contribution in [0.1, 0.15) is 99.3 Å². The molecule has 10 heteroatoms. The monoisotopic (exact) mass is 576 g/mol. The van der Waals surface area contributed by atoms with Crippen molar-refractivity contribution in [2.45, 2.75) is 117 Å². The van der Waals surface area contributed by atoms with Gasteiger partial charge < -0.3 is 24.4 Å². The van der Waals surface area contributed by atoms with Gasteiger partial charge in [-0.1, -0.05) is 47.1 Å². The maximum atomic E-state index is 14.5. The quantitative estimate of drug-likeness (QED) is 0.324. The van der Waals surface area contributed by atoms with Crippen molar-refractivity contribution in [2.75, 3.05) is 0 Å². The third kappa shape index (κ3) is 4.84. The van der Waals surface area contributed by atoms with Crippen LogP contribution < -0.4 is 0 Å². The molecule has 8 atom stereocenters. The van der Waals surface area contributed by atoms with E-state index in [0.29, 0.717) is 25.7 Å². The molecule has 0 bridgehead atoms. The lowest BCUT2D eigenvalue weighted by atomic mass is 9.44. The van der Waals surface area contributed by atoms with Crippen LogP contribution in [-0.2, 0) is 38.2 Å². The fourth-order valence-corrected chi connectivity index (χ4v) is 8.62. The molecule has 0 heterocycles. The number of aliphatic hydroxyl groups excluding tert-OH is 1. The van der Waals surface area contributed by atoms with Gasteiger partial charge in [0, 0.05) is 31.1 Å². The maximum Gasteiger partial charge on any atom is 0.491 e. The zero-order valence-electron chi connectivity index (χ0n) is 25.0. The van der Waals surface area contributed by atoms with Crippen molar-refractivity contribution in [2.24, 2.45) is 34.5 Å². The Balaban J connectivity index is 1.78. The van der Waals surface area contributed by atoms with Crippen LogP contribution in [0, 0.1) is 34.5 Å². The molecule has 10 nitrogen and oxygen atoms in total. The Morgan fingerprint density at radius 3 is 2.02 bits per heavy atom. The molecular weight excluding hydrogens is 532 g/mol. The molecule has 4 aliphatic carbocycles. The Morgan fingerprint density at radius 2 is 1.51 bits per heavy atom. The number of ether oxygens (including phenoxy) is 3. The molecule has 0 aliphatic heterocycles. The van der Waals surface area contributed by atoms with Crippen LogP contribution >= 0.6 is 0 Å². The minimum atomic E-state index is -3.09. The first-order valence-corrected chi connectivity index (χ1v) is 15.0. The molecule has 0 aromatic heterocycles. The number of ketones is 2. The Bertz CT molecular complexity index is 1110. The number of Topliss-reactive ketones (excluding diaryl/α,β-unsaturated/α-hetero) is 1. The van der Waals surface area contributed by atoms with Gasteiger partial charge in [-0.05, 0) is 67.3 Å². The average Bonchev–Trinajstić information content (AvgIpc) is 3.19. The van der Waals surface area contributed by atoms with Gasteiger partial charge in [0.2, 0.25) is 0 Å². The molecule has 2 N–H and O–H groups in total. The number of rotatable bonds is 8. The van der Waals surface area contributed by atoms with E-state index in [2.05, 4.69) is 13.8 Å². The molecule has 41 heavy (non-hydrogen) atoms. The van der Waals surface area contributed by atoms with E-state index >= 15 is 0 Å². The Labute approximate surface area is 241 Å². The normalized spacial score (nSPS) is 38.1. The van der Waals surface area contributed by atoms with E-state index in [0.717, 1.165) is 5.57 Å². The van der Waals surface area contributed by atoms with Crippen molar-refractivity contribution >= 4 is 29.5 Å². The smallest absolute Gasteiger partial charge is 0.393 e. The van der Waals surface area contributed by atoms with E-state index < -0.39 is 52.2 Å². The Kier molecular flexibility index (Phi) is 8.34. The van der Waals surface area contributed by atoms with E-state index in [1.54, 1.807) is 13.0 Å². The maximum absolute atomic E-state index is 14.5. The summed E-state index contributed by atoms with van der Waals surface area (Å²) in [5, 5.41) is 24.1. The summed E-state index contributed by atoms with van der Waals surface area (Å²) in [5.41, 5.74) is -2.80. The molecule has 3 saturated carbocycles. The van der Waals surface area contributed by atoms with Gasteiger partial charge in [-0.3, -0.25) is 24.0 Å². The lowest BCUT2D eigenvalue weighted by Crippen LogP contribution is -2.67. The summed E-state index contributed by atoms with van der Waals surface area (Å²) in [6.45, 7) is 10.3. The molecule has 0 aromatic carbocycles. The topological polar surface area (TPSA) is 154 Å². The summed E-state index contributed by atoms with van der Waals surface area (Å²) in [4.78, 5) is 64.3. The molecule has 0 aromatic rings. The lowest BCUT2D eigenvalue weighted by molar-refractivity contribution is -0.319. The molecule has 4 aliphatic rings. The third-order valence-electron chi connectivity index (χ3n) is 10.6. The van der Waals surface area contributed by atoms with Gasteiger partial charge in [0.25, 0.3) is 5.78 Å². The summed E-state index contributed by atoms with van der Waals surface area (Å²) in [6, 6.07) is 0. The molecule has 228 valence electrons. The van der Waals surface area contributed by atoms with E-state index in [1.807, 2.05) is 0 Å². The number of hydrogen-bond acceptors (Lipinski definition) is 10.